The standard InChI is InChI=1S/C22H23N3O2/c1-24-19-13-15-25(22(27)21(26)17-10-6-3-7-11-17)14-12-18(19)20(23-24)16-8-4-2-5-9-16/h2-11,21,26H,12-15H2,1H3. The lowest BCUT2D eigenvalue weighted by atomic mass is 10.0. The smallest absolute Gasteiger partial charge is 0.256 e. The molecule has 2 aromatic carbocycles. The number of aliphatic hydroxyl groups excluding tert-OH is 1. The molecule has 138 valence electrons. The van der Waals surface area contributed by atoms with Crippen molar-refractivity contribution in [2.24, 2.45) is 7.05 Å². The Morgan fingerprint density at radius 1 is 1.00 bits per heavy atom. The van der Waals surface area contributed by atoms with Crippen molar-refractivity contribution in [1.29, 1.82) is 0 Å². The van der Waals surface area contributed by atoms with Crippen molar-refractivity contribution in [2.45, 2.75) is 18.9 Å². The van der Waals surface area contributed by atoms with E-state index in [1.165, 1.54) is 11.3 Å². The van der Waals surface area contributed by atoms with Crippen molar-refractivity contribution in [3.05, 3.63) is 77.5 Å². The molecule has 1 aliphatic heterocycles. The summed E-state index contributed by atoms with van der Waals surface area (Å²) in [5.74, 6) is -0.233. The maximum Gasteiger partial charge on any atom is 0.256 e. The van der Waals surface area contributed by atoms with Crippen LogP contribution in [0, 0.1) is 0 Å². The Morgan fingerprint density at radius 2 is 1.63 bits per heavy atom. The van der Waals surface area contributed by atoms with E-state index < -0.39 is 6.10 Å². The molecule has 0 fully saturated rings. The highest BCUT2D eigenvalue weighted by Gasteiger charge is 2.28. The number of nitrogens with zero attached hydrogens (tertiary/aromatic N) is 3. The predicted molar refractivity (Wildman–Crippen MR) is 104 cm³/mol. The molecule has 0 saturated heterocycles. The molecular formula is C22H23N3O2. The molecule has 27 heavy (non-hydrogen) atoms. The Balaban J connectivity index is 1.56. The number of amides is 1. The zero-order valence-electron chi connectivity index (χ0n) is 15.4. The zero-order valence-corrected chi connectivity index (χ0v) is 15.4. The van der Waals surface area contributed by atoms with Gasteiger partial charge in [0.05, 0.1) is 5.69 Å². The maximum atomic E-state index is 12.8. The number of aryl methyl sites for hydroxylation is 1. The lowest BCUT2D eigenvalue weighted by Crippen LogP contribution is -2.37. The second-order valence-electron chi connectivity index (χ2n) is 6.90. The number of carbonyl (C=O) groups is 1. The van der Waals surface area contributed by atoms with E-state index in [1.807, 2.05) is 48.1 Å². The summed E-state index contributed by atoms with van der Waals surface area (Å²) in [6.45, 7) is 1.17. The first-order valence-electron chi connectivity index (χ1n) is 9.27. The third-order valence-corrected chi connectivity index (χ3v) is 5.23. The van der Waals surface area contributed by atoms with Gasteiger partial charge in [0.1, 0.15) is 0 Å². The van der Waals surface area contributed by atoms with E-state index in [0.29, 0.717) is 18.7 Å². The van der Waals surface area contributed by atoms with Gasteiger partial charge in [-0.3, -0.25) is 9.48 Å². The van der Waals surface area contributed by atoms with Crippen LogP contribution in [0.3, 0.4) is 0 Å². The largest absolute Gasteiger partial charge is 0.378 e. The van der Waals surface area contributed by atoms with Crippen molar-refractivity contribution in [2.75, 3.05) is 13.1 Å². The summed E-state index contributed by atoms with van der Waals surface area (Å²) in [7, 11) is 1.96. The Hall–Kier alpha value is -2.92. The number of benzene rings is 2. The molecule has 4 rings (SSSR count). The van der Waals surface area contributed by atoms with E-state index in [4.69, 9.17) is 5.10 Å². The quantitative estimate of drug-likeness (QED) is 0.780. The highest BCUT2D eigenvalue weighted by atomic mass is 16.3. The molecule has 1 N–H and O–H groups in total. The van der Waals surface area contributed by atoms with Gasteiger partial charge in [-0.05, 0) is 12.0 Å². The third kappa shape index (κ3) is 3.38. The van der Waals surface area contributed by atoms with Crippen molar-refractivity contribution in [3.8, 4) is 11.3 Å². The fourth-order valence-corrected chi connectivity index (χ4v) is 3.78. The highest BCUT2D eigenvalue weighted by Crippen LogP contribution is 2.28. The normalized spacial score (nSPS) is 15.1. The Kier molecular flexibility index (Phi) is 4.77. The topological polar surface area (TPSA) is 58.4 Å². The first-order chi connectivity index (χ1) is 13.1. The molecule has 0 bridgehead atoms. The lowest BCUT2D eigenvalue weighted by molar-refractivity contribution is -0.140. The molecule has 0 spiro atoms. The van der Waals surface area contributed by atoms with Gasteiger partial charge in [-0.1, -0.05) is 60.7 Å². The van der Waals surface area contributed by atoms with Gasteiger partial charge >= 0.3 is 0 Å². The number of fused-ring (bicyclic) bond motifs is 1. The van der Waals surface area contributed by atoms with Gasteiger partial charge in [-0.2, -0.15) is 5.10 Å². The van der Waals surface area contributed by atoms with Crippen LogP contribution < -0.4 is 0 Å². The summed E-state index contributed by atoms with van der Waals surface area (Å²) in [6, 6.07) is 19.3. The number of aliphatic hydroxyl groups is 1. The molecule has 1 aromatic heterocycles. The average Bonchev–Trinajstić information content (AvgIpc) is 2.89. The summed E-state index contributed by atoms with van der Waals surface area (Å²) in [5, 5.41) is 15.2. The second kappa shape index (κ2) is 7.37. The first kappa shape index (κ1) is 17.5. The van der Waals surface area contributed by atoms with Gasteiger partial charge in [-0.25, -0.2) is 0 Å². The van der Waals surface area contributed by atoms with Crippen LogP contribution in [0.25, 0.3) is 11.3 Å². The third-order valence-electron chi connectivity index (χ3n) is 5.23. The molecule has 1 atom stereocenters. The minimum atomic E-state index is -1.11. The van der Waals surface area contributed by atoms with Crippen LogP contribution in [0.1, 0.15) is 22.9 Å². The Morgan fingerprint density at radius 3 is 2.33 bits per heavy atom. The minimum absolute atomic E-state index is 0.233. The molecule has 1 amide bonds. The Bertz CT molecular complexity index is 935. The molecule has 1 unspecified atom stereocenters. The van der Waals surface area contributed by atoms with E-state index >= 15 is 0 Å². The number of hydrogen-bond acceptors (Lipinski definition) is 3. The van der Waals surface area contributed by atoms with Crippen LogP contribution in [0.15, 0.2) is 60.7 Å². The molecule has 0 radical (unpaired) electrons. The van der Waals surface area contributed by atoms with Gasteiger partial charge in [-0.15, -0.1) is 0 Å². The van der Waals surface area contributed by atoms with Gasteiger partial charge in [0.2, 0.25) is 0 Å². The van der Waals surface area contributed by atoms with Gasteiger partial charge in [0.15, 0.2) is 6.10 Å². The lowest BCUT2D eigenvalue weighted by Gasteiger charge is -2.23. The molecular weight excluding hydrogens is 338 g/mol. The summed E-state index contributed by atoms with van der Waals surface area (Å²) in [4.78, 5) is 14.6. The van der Waals surface area contributed by atoms with Gasteiger partial charge in [0.25, 0.3) is 5.91 Å². The van der Waals surface area contributed by atoms with Crippen molar-refractivity contribution < 1.29 is 9.90 Å². The predicted octanol–water partition coefficient (Wildman–Crippen LogP) is 2.75. The van der Waals surface area contributed by atoms with E-state index in [0.717, 1.165) is 24.1 Å². The van der Waals surface area contributed by atoms with Crippen LogP contribution in [-0.2, 0) is 24.7 Å². The van der Waals surface area contributed by atoms with E-state index in [1.54, 1.807) is 17.0 Å². The number of rotatable bonds is 3. The molecule has 2 heterocycles. The number of carbonyl (C=O) groups excluding carboxylic acids is 1. The van der Waals surface area contributed by atoms with Crippen LogP contribution in [0.4, 0.5) is 0 Å². The van der Waals surface area contributed by atoms with E-state index in [9.17, 15) is 9.90 Å². The SMILES string of the molecule is Cn1nc(-c2ccccc2)c2c1CCN(C(=O)C(O)c1ccccc1)CC2. The monoisotopic (exact) mass is 361 g/mol. The average molecular weight is 361 g/mol. The first-order valence-corrected chi connectivity index (χ1v) is 9.27. The molecule has 5 heteroatoms. The summed E-state index contributed by atoms with van der Waals surface area (Å²) < 4.78 is 1.93. The summed E-state index contributed by atoms with van der Waals surface area (Å²) in [6.07, 6.45) is 0.360. The van der Waals surface area contributed by atoms with Crippen molar-refractivity contribution in [3.63, 3.8) is 0 Å². The van der Waals surface area contributed by atoms with Crippen molar-refractivity contribution >= 4 is 5.91 Å². The van der Waals surface area contributed by atoms with Gasteiger partial charge < -0.3 is 10.0 Å². The van der Waals surface area contributed by atoms with Crippen molar-refractivity contribution in [1.82, 2.24) is 14.7 Å². The molecule has 5 nitrogen and oxygen atoms in total. The van der Waals surface area contributed by atoms with Crippen LogP contribution in [0.5, 0.6) is 0 Å². The summed E-state index contributed by atoms with van der Waals surface area (Å²) in [5.41, 5.74) is 5.09. The number of aromatic nitrogens is 2. The second-order valence-corrected chi connectivity index (χ2v) is 6.90. The van der Waals surface area contributed by atoms with Crippen LogP contribution in [0.2, 0.25) is 0 Å². The highest BCUT2D eigenvalue weighted by molar-refractivity contribution is 5.82. The maximum absolute atomic E-state index is 12.8. The Labute approximate surface area is 158 Å². The van der Waals surface area contributed by atoms with Crippen LogP contribution in [-0.4, -0.2) is 38.8 Å². The van der Waals surface area contributed by atoms with Crippen LogP contribution >= 0.6 is 0 Å². The molecule has 0 aliphatic carbocycles. The fraction of sp³-hybridized carbons (Fsp3) is 0.273. The number of hydrogen-bond donors (Lipinski definition) is 1. The molecule has 1 aliphatic rings. The molecule has 3 aromatic rings. The van der Waals surface area contributed by atoms with E-state index in [-0.39, 0.29) is 5.91 Å². The summed E-state index contributed by atoms with van der Waals surface area (Å²) >= 11 is 0. The fourth-order valence-electron chi connectivity index (χ4n) is 3.78. The molecule has 0 saturated carbocycles. The zero-order chi connectivity index (χ0) is 18.8. The van der Waals surface area contributed by atoms with Gasteiger partial charge in [0, 0.05) is 43.4 Å². The minimum Gasteiger partial charge on any atom is -0.378 e. The van der Waals surface area contributed by atoms with E-state index in [2.05, 4.69) is 12.1 Å².